The zero-order chi connectivity index (χ0) is 20.0. The molecule has 6 nitrogen and oxygen atoms in total. The van der Waals surface area contributed by atoms with Crippen molar-refractivity contribution in [2.24, 2.45) is 0 Å². The molecular formula is C18H20ClFN2O4S. The molecule has 9 heteroatoms. The van der Waals surface area contributed by atoms with Crippen molar-refractivity contribution < 1.29 is 22.3 Å². The van der Waals surface area contributed by atoms with Crippen molar-refractivity contribution in [3.05, 3.63) is 53.3 Å². The fraction of sp³-hybridized carbons (Fsp3) is 0.278. The van der Waals surface area contributed by atoms with Crippen LogP contribution in [0.3, 0.4) is 0 Å². The average Bonchev–Trinajstić information content (AvgIpc) is 2.63. The van der Waals surface area contributed by atoms with E-state index < -0.39 is 28.4 Å². The van der Waals surface area contributed by atoms with Gasteiger partial charge in [0.15, 0.2) is 6.61 Å². The number of hydrogen-bond donors (Lipinski definition) is 1. The van der Waals surface area contributed by atoms with Gasteiger partial charge in [0.25, 0.3) is 5.91 Å². The number of halogens is 2. The third-order valence-electron chi connectivity index (χ3n) is 3.74. The lowest BCUT2D eigenvalue weighted by Gasteiger charge is -2.20. The van der Waals surface area contributed by atoms with E-state index in [1.165, 1.54) is 40.7 Å². The predicted molar refractivity (Wildman–Crippen MR) is 102 cm³/mol. The van der Waals surface area contributed by atoms with Gasteiger partial charge >= 0.3 is 0 Å². The lowest BCUT2D eigenvalue weighted by Crippen LogP contribution is -2.31. The van der Waals surface area contributed by atoms with Crippen LogP contribution in [0.15, 0.2) is 47.4 Å². The third kappa shape index (κ3) is 5.18. The summed E-state index contributed by atoms with van der Waals surface area (Å²) in [6.45, 7) is 3.50. The summed E-state index contributed by atoms with van der Waals surface area (Å²) in [5.74, 6) is -1.21. The molecule has 0 unspecified atom stereocenters. The molecule has 0 aliphatic carbocycles. The minimum atomic E-state index is -3.84. The number of nitrogens with one attached hydrogen (secondary N) is 1. The van der Waals surface area contributed by atoms with Crippen LogP contribution in [-0.4, -0.2) is 38.3 Å². The number of para-hydroxylation sites is 1. The van der Waals surface area contributed by atoms with E-state index in [9.17, 15) is 17.6 Å². The Morgan fingerprint density at radius 3 is 2.48 bits per heavy atom. The highest BCUT2D eigenvalue weighted by Crippen LogP contribution is 2.30. The summed E-state index contributed by atoms with van der Waals surface area (Å²) in [5, 5.41) is 2.60. The average molecular weight is 415 g/mol. The normalized spacial score (nSPS) is 11.4. The number of hydrogen-bond acceptors (Lipinski definition) is 4. The summed E-state index contributed by atoms with van der Waals surface area (Å²) < 4.78 is 45.8. The quantitative estimate of drug-likeness (QED) is 0.717. The number of nitrogens with zero attached hydrogens (tertiary/aromatic N) is 1. The summed E-state index contributed by atoms with van der Waals surface area (Å²) >= 11 is 5.94. The van der Waals surface area contributed by atoms with Crippen LogP contribution in [0.1, 0.15) is 13.8 Å². The van der Waals surface area contributed by atoms with Crippen LogP contribution in [0.5, 0.6) is 5.75 Å². The first kappa shape index (κ1) is 21.1. The van der Waals surface area contributed by atoms with E-state index >= 15 is 0 Å². The monoisotopic (exact) mass is 414 g/mol. The van der Waals surface area contributed by atoms with Gasteiger partial charge in [0, 0.05) is 18.1 Å². The van der Waals surface area contributed by atoms with Crippen molar-refractivity contribution in [2.45, 2.75) is 18.7 Å². The zero-order valence-corrected chi connectivity index (χ0v) is 16.5. The Kier molecular flexibility index (Phi) is 7.18. The summed E-state index contributed by atoms with van der Waals surface area (Å²) in [6.07, 6.45) is 0. The van der Waals surface area contributed by atoms with E-state index in [0.717, 1.165) is 0 Å². The van der Waals surface area contributed by atoms with Crippen LogP contribution in [0.2, 0.25) is 5.02 Å². The van der Waals surface area contributed by atoms with Gasteiger partial charge in [0.2, 0.25) is 10.0 Å². The first-order valence-electron chi connectivity index (χ1n) is 8.26. The molecule has 0 bridgehead atoms. The number of sulfonamides is 1. The second-order valence-electron chi connectivity index (χ2n) is 5.50. The lowest BCUT2D eigenvalue weighted by molar-refractivity contribution is -0.118. The van der Waals surface area contributed by atoms with Crippen molar-refractivity contribution >= 4 is 33.2 Å². The molecule has 0 saturated heterocycles. The fourth-order valence-corrected chi connectivity index (χ4v) is 4.25. The number of ether oxygens (including phenoxy) is 1. The van der Waals surface area contributed by atoms with E-state index in [1.807, 2.05) is 0 Å². The molecule has 0 heterocycles. The number of anilines is 1. The van der Waals surface area contributed by atoms with Gasteiger partial charge in [-0.05, 0) is 30.3 Å². The van der Waals surface area contributed by atoms with Gasteiger partial charge in [0.05, 0.1) is 5.69 Å². The molecular weight excluding hydrogens is 395 g/mol. The van der Waals surface area contributed by atoms with Gasteiger partial charge in [-0.3, -0.25) is 4.79 Å². The van der Waals surface area contributed by atoms with Crippen LogP contribution in [0.4, 0.5) is 10.1 Å². The standard InChI is InChI=1S/C18H20ClFN2O4S/c1-3-22(4-2)27(24,25)17-11-13(19)9-10-16(17)26-12-18(23)21-15-8-6-5-7-14(15)20/h5-11H,3-4,12H2,1-2H3,(H,21,23). The van der Waals surface area contributed by atoms with Gasteiger partial charge in [-0.2, -0.15) is 4.31 Å². The number of carbonyl (C=O) groups excluding carboxylic acids is 1. The van der Waals surface area contributed by atoms with Gasteiger partial charge in [-0.25, -0.2) is 12.8 Å². The first-order chi connectivity index (χ1) is 12.8. The molecule has 0 aliphatic heterocycles. The highest BCUT2D eigenvalue weighted by molar-refractivity contribution is 7.89. The molecule has 0 fully saturated rings. The number of benzene rings is 2. The third-order valence-corrected chi connectivity index (χ3v) is 6.04. The SMILES string of the molecule is CCN(CC)S(=O)(=O)c1cc(Cl)ccc1OCC(=O)Nc1ccccc1F. The second kappa shape index (κ2) is 9.16. The maximum absolute atomic E-state index is 13.6. The Morgan fingerprint density at radius 2 is 1.85 bits per heavy atom. The number of carbonyl (C=O) groups is 1. The molecule has 0 spiro atoms. The Balaban J connectivity index is 2.20. The highest BCUT2D eigenvalue weighted by atomic mass is 35.5. The maximum atomic E-state index is 13.6. The largest absolute Gasteiger partial charge is 0.482 e. The predicted octanol–water partition coefficient (Wildman–Crippen LogP) is 3.53. The highest BCUT2D eigenvalue weighted by Gasteiger charge is 2.26. The lowest BCUT2D eigenvalue weighted by atomic mass is 10.3. The molecule has 0 radical (unpaired) electrons. The summed E-state index contributed by atoms with van der Waals surface area (Å²) in [5.41, 5.74) is 0.0122. The summed E-state index contributed by atoms with van der Waals surface area (Å²) in [7, 11) is -3.84. The van der Waals surface area contributed by atoms with Gasteiger partial charge < -0.3 is 10.1 Å². The summed E-state index contributed by atoms with van der Waals surface area (Å²) in [6, 6.07) is 9.82. The smallest absolute Gasteiger partial charge is 0.262 e. The second-order valence-corrected chi connectivity index (χ2v) is 7.84. The molecule has 0 aliphatic rings. The number of rotatable bonds is 8. The Hall–Kier alpha value is -2.16. The van der Waals surface area contributed by atoms with Crippen LogP contribution < -0.4 is 10.1 Å². The van der Waals surface area contributed by atoms with Crippen LogP contribution in [0, 0.1) is 5.82 Å². The van der Waals surface area contributed by atoms with E-state index in [2.05, 4.69) is 5.32 Å². The fourth-order valence-electron chi connectivity index (χ4n) is 2.40. The Labute approximate surface area is 162 Å². The molecule has 2 rings (SSSR count). The maximum Gasteiger partial charge on any atom is 0.262 e. The molecule has 0 aromatic heterocycles. The topological polar surface area (TPSA) is 75.7 Å². The van der Waals surface area contributed by atoms with Gasteiger partial charge in [-0.1, -0.05) is 37.6 Å². The molecule has 0 saturated carbocycles. The van der Waals surface area contributed by atoms with E-state index in [4.69, 9.17) is 16.3 Å². The van der Waals surface area contributed by atoms with Crippen LogP contribution >= 0.6 is 11.6 Å². The Bertz CT molecular complexity index is 917. The van der Waals surface area contributed by atoms with Crippen molar-refractivity contribution in [2.75, 3.05) is 25.0 Å². The van der Waals surface area contributed by atoms with E-state index in [0.29, 0.717) is 0 Å². The van der Waals surface area contributed by atoms with Crippen molar-refractivity contribution in [3.63, 3.8) is 0 Å². The molecule has 1 amide bonds. The number of amides is 1. The van der Waals surface area contributed by atoms with Crippen LogP contribution in [-0.2, 0) is 14.8 Å². The minimum absolute atomic E-state index is 0.00464. The molecule has 0 atom stereocenters. The molecule has 1 N–H and O–H groups in total. The Morgan fingerprint density at radius 1 is 1.19 bits per heavy atom. The van der Waals surface area contributed by atoms with Gasteiger partial charge in [-0.15, -0.1) is 0 Å². The van der Waals surface area contributed by atoms with Crippen LogP contribution in [0.25, 0.3) is 0 Å². The van der Waals surface area contributed by atoms with Crippen molar-refractivity contribution in [1.82, 2.24) is 4.31 Å². The van der Waals surface area contributed by atoms with E-state index in [-0.39, 0.29) is 34.4 Å². The molecule has 2 aromatic carbocycles. The van der Waals surface area contributed by atoms with Crippen molar-refractivity contribution in [1.29, 1.82) is 0 Å². The van der Waals surface area contributed by atoms with Crippen molar-refractivity contribution in [3.8, 4) is 5.75 Å². The summed E-state index contributed by atoms with van der Waals surface area (Å²) in [4.78, 5) is 11.9. The minimum Gasteiger partial charge on any atom is -0.482 e. The molecule has 146 valence electrons. The molecule has 2 aromatic rings. The van der Waals surface area contributed by atoms with Gasteiger partial charge in [0.1, 0.15) is 16.5 Å². The molecule has 27 heavy (non-hydrogen) atoms. The van der Waals surface area contributed by atoms with E-state index in [1.54, 1.807) is 19.9 Å². The zero-order valence-electron chi connectivity index (χ0n) is 14.9. The first-order valence-corrected chi connectivity index (χ1v) is 10.1.